The molecule has 0 radical (unpaired) electrons. The first-order valence-electron chi connectivity index (χ1n) is 11.6. The van der Waals surface area contributed by atoms with Crippen molar-refractivity contribution in [2.75, 3.05) is 18.1 Å². The zero-order chi connectivity index (χ0) is 24.3. The molecule has 2 fully saturated rings. The molecular weight excluding hydrogens is 432 g/mol. The van der Waals surface area contributed by atoms with Crippen LogP contribution in [0, 0.1) is 10.8 Å². The van der Waals surface area contributed by atoms with E-state index >= 15 is 0 Å². The summed E-state index contributed by atoms with van der Waals surface area (Å²) in [5, 5.41) is 0. The van der Waals surface area contributed by atoms with Crippen LogP contribution in [-0.2, 0) is 9.53 Å². The quantitative estimate of drug-likeness (QED) is 0.507. The molecule has 2 atom stereocenters. The summed E-state index contributed by atoms with van der Waals surface area (Å²) in [5.74, 6) is -1.57. The maximum atomic E-state index is 12.9. The van der Waals surface area contributed by atoms with Crippen LogP contribution < -0.4 is 4.90 Å². The number of carbonyl (C=O) groups is 4. The lowest BCUT2D eigenvalue weighted by atomic mass is 9.65. The second-order valence-corrected chi connectivity index (χ2v) is 10.8. The monoisotopic (exact) mass is 460 g/mol. The standard InChI is InChI=1S/C27H28N2O5/c1-26(2)12-19-13-27(3,15-26)16-28(19)22(30)14-34-25(33)17-8-10-18(11-9-17)29-23(31)20-6-4-5-7-21(20)24(29)32/h4-11,19H,12-16H2,1-3H3. The van der Waals surface area contributed by atoms with Gasteiger partial charge in [-0.1, -0.05) is 32.9 Å². The Morgan fingerprint density at radius 1 is 0.941 bits per heavy atom. The average molecular weight is 461 g/mol. The van der Waals surface area contributed by atoms with Gasteiger partial charge in [-0.25, -0.2) is 9.69 Å². The molecule has 0 N–H and O–H groups in total. The third-order valence-corrected chi connectivity index (χ3v) is 7.22. The number of rotatable bonds is 4. The summed E-state index contributed by atoms with van der Waals surface area (Å²) in [5.41, 5.74) is 1.66. The van der Waals surface area contributed by atoms with E-state index in [1.54, 1.807) is 24.3 Å². The highest BCUT2D eigenvalue weighted by Gasteiger charge is 2.51. The SMILES string of the molecule is CC1(C)CC2CC(C)(CN2C(=O)COC(=O)c2ccc(N3C(=O)c4ccccc4C3=O)cc2)C1. The van der Waals surface area contributed by atoms with Crippen molar-refractivity contribution in [1.29, 1.82) is 0 Å². The van der Waals surface area contributed by atoms with Gasteiger partial charge in [0.25, 0.3) is 17.7 Å². The summed E-state index contributed by atoms with van der Waals surface area (Å²) in [6.07, 6.45) is 3.04. The number of benzene rings is 2. The van der Waals surface area contributed by atoms with Gasteiger partial charge in [-0.15, -0.1) is 0 Å². The van der Waals surface area contributed by atoms with Gasteiger partial charge in [-0.05, 0) is 66.5 Å². The first kappa shape index (κ1) is 22.3. The lowest BCUT2D eigenvalue weighted by Gasteiger charge is -2.39. The molecule has 7 heteroatoms. The lowest BCUT2D eigenvalue weighted by molar-refractivity contribution is -0.135. The van der Waals surface area contributed by atoms with Gasteiger partial charge in [0.15, 0.2) is 6.61 Å². The molecule has 2 bridgehead atoms. The van der Waals surface area contributed by atoms with Gasteiger partial charge in [0, 0.05) is 12.6 Å². The van der Waals surface area contributed by atoms with Crippen LogP contribution in [-0.4, -0.2) is 47.8 Å². The molecule has 1 saturated heterocycles. The Bertz CT molecular complexity index is 1170. The first-order valence-corrected chi connectivity index (χ1v) is 11.6. The van der Waals surface area contributed by atoms with Crippen molar-refractivity contribution in [3.8, 4) is 0 Å². The maximum absolute atomic E-state index is 12.9. The molecular formula is C27H28N2O5. The lowest BCUT2D eigenvalue weighted by Crippen LogP contribution is -2.39. The van der Waals surface area contributed by atoms with Crippen LogP contribution in [0.5, 0.6) is 0 Å². The van der Waals surface area contributed by atoms with Crippen molar-refractivity contribution in [2.45, 2.75) is 46.1 Å². The molecule has 2 aromatic rings. The third-order valence-electron chi connectivity index (χ3n) is 7.22. The highest BCUT2D eigenvalue weighted by molar-refractivity contribution is 6.34. The minimum atomic E-state index is -0.615. The van der Waals surface area contributed by atoms with Gasteiger partial charge in [0.05, 0.1) is 22.4 Å². The van der Waals surface area contributed by atoms with Gasteiger partial charge in [0.2, 0.25) is 0 Å². The van der Waals surface area contributed by atoms with Crippen LogP contribution >= 0.6 is 0 Å². The second kappa shape index (κ2) is 7.79. The molecule has 176 valence electrons. The van der Waals surface area contributed by atoms with Crippen LogP contribution in [0.3, 0.4) is 0 Å². The number of hydrogen-bond donors (Lipinski definition) is 0. The molecule has 5 rings (SSSR count). The Morgan fingerprint density at radius 2 is 1.56 bits per heavy atom. The highest BCUT2D eigenvalue weighted by Crippen LogP contribution is 2.52. The molecule has 2 aliphatic heterocycles. The average Bonchev–Trinajstić information content (AvgIpc) is 3.20. The van der Waals surface area contributed by atoms with E-state index < -0.39 is 17.8 Å². The zero-order valence-corrected chi connectivity index (χ0v) is 19.7. The van der Waals surface area contributed by atoms with Crippen LogP contribution in [0.4, 0.5) is 5.69 Å². The number of likely N-dealkylation sites (tertiary alicyclic amines) is 1. The summed E-state index contributed by atoms with van der Waals surface area (Å²) in [4.78, 5) is 53.7. The summed E-state index contributed by atoms with van der Waals surface area (Å²) >= 11 is 0. The number of anilines is 1. The smallest absolute Gasteiger partial charge is 0.338 e. The molecule has 7 nitrogen and oxygen atoms in total. The molecule has 3 aliphatic rings. The van der Waals surface area contributed by atoms with E-state index in [9.17, 15) is 19.2 Å². The Hall–Kier alpha value is -3.48. The number of carbonyl (C=O) groups excluding carboxylic acids is 4. The van der Waals surface area contributed by atoms with E-state index in [0.717, 1.165) is 24.2 Å². The molecule has 2 unspecified atom stereocenters. The largest absolute Gasteiger partial charge is 0.452 e. The van der Waals surface area contributed by atoms with E-state index in [0.29, 0.717) is 23.4 Å². The minimum Gasteiger partial charge on any atom is -0.452 e. The van der Waals surface area contributed by atoms with E-state index in [2.05, 4.69) is 20.8 Å². The Morgan fingerprint density at radius 3 is 2.18 bits per heavy atom. The Kier molecular flexibility index (Phi) is 5.11. The normalized spacial score (nSPS) is 24.9. The maximum Gasteiger partial charge on any atom is 0.338 e. The number of esters is 1. The molecule has 1 aliphatic carbocycles. The Labute approximate surface area is 198 Å². The summed E-state index contributed by atoms with van der Waals surface area (Å²) < 4.78 is 5.32. The molecule has 0 spiro atoms. The van der Waals surface area contributed by atoms with Crippen LogP contribution in [0.15, 0.2) is 48.5 Å². The van der Waals surface area contributed by atoms with E-state index in [4.69, 9.17) is 4.74 Å². The first-order chi connectivity index (χ1) is 16.1. The van der Waals surface area contributed by atoms with Gasteiger partial charge in [-0.2, -0.15) is 0 Å². The van der Waals surface area contributed by atoms with E-state index in [-0.39, 0.29) is 34.9 Å². The van der Waals surface area contributed by atoms with Gasteiger partial charge in [-0.3, -0.25) is 14.4 Å². The third kappa shape index (κ3) is 3.79. The van der Waals surface area contributed by atoms with Crippen molar-refractivity contribution in [3.05, 3.63) is 65.2 Å². The van der Waals surface area contributed by atoms with Crippen LogP contribution in [0.2, 0.25) is 0 Å². The molecule has 2 heterocycles. The molecule has 2 aromatic carbocycles. The predicted octanol–water partition coefficient (Wildman–Crippen LogP) is 4.07. The minimum absolute atomic E-state index is 0.117. The molecule has 3 amide bonds. The van der Waals surface area contributed by atoms with Crippen LogP contribution in [0.1, 0.15) is 71.1 Å². The molecule has 34 heavy (non-hydrogen) atoms. The predicted molar refractivity (Wildman–Crippen MR) is 126 cm³/mol. The highest BCUT2D eigenvalue weighted by atomic mass is 16.5. The van der Waals surface area contributed by atoms with Crippen molar-refractivity contribution >= 4 is 29.4 Å². The Balaban J connectivity index is 1.22. The summed E-state index contributed by atoms with van der Waals surface area (Å²) in [6, 6.07) is 12.9. The van der Waals surface area contributed by atoms with E-state index in [1.807, 2.05) is 4.90 Å². The molecule has 0 aromatic heterocycles. The second-order valence-electron chi connectivity index (χ2n) is 10.8. The fourth-order valence-corrected chi connectivity index (χ4v) is 6.22. The summed E-state index contributed by atoms with van der Waals surface area (Å²) in [7, 11) is 0. The number of nitrogens with zero attached hydrogens (tertiary/aromatic N) is 2. The van der Waals surface area contributed by atoms with Crippen molar-refractivity contribution in [1.82, 2.24) is 4.90 Å². The van der Waals surface area contributed by atoms with Gasteiger partial charge >= 0.3 is 5.97 Å². The van der Waals surface area contributed by atoms with Gasteiger partial charge in [0.1, 0.15) is 0 Å². The summed E-state index contributed by atoms with van der Waals surface area (Å²) in [6.45, 7) is 7.13. The van der Waals surface area contributed by atoms with Crippen LogP contribution in [0.25, 0.3) is 0 Å². The van der Waals surface area contributed by atoms with E-state index in [1.165, 1.54) is 24.3 Å². The number of imide groups is 1. The topological polar surface area (TPSA) is 84.0 Å². The van der Waals surface area contributed by atoms with Crippen molar-refractivity contribution in [3.63, 3.8) is 0 Å². The number of amides is 3. The zero-order valence-electron chi connectivity index (χ0n) is 19.7. The number of hydrogen-bond acceptors (Lipinski definition) is 5. The van der Waals surface area contributed by atoms with Gasteiger partial charge < -0.3 is 9.64 Å². The molecule has 1 saturated carbocycles. The fraction of sp³-hybridized carbons (Fsp3) is 0.407. The number of fused-ring (bicyclic) bond motifs is 3. The van der Waals surface area contributed by atoms with Crippen molar-refractivity contribution < 1.29 is 23.9 Å². The fourth-order valence-electron chi connectivity index (χ4n) is 6.22. The van der Waals surface area contributed by atoms with Crippen molar-refractivity contribution in [2.24, 2.45) is 10.8 Å². The number of ether oxygens (including phenoxy) is 1.